The number of benzene rings is 6. The van der Waals surface area contributed by atoms with Gasteiger partial charge in [-0.25, -0.2) is 0 Å². The van der Waals surface area contributed by atoms with Crippen LogP contribution in [0.2, 0.25) is 0 Å². The number of hydrogen-bond acceptors (Lipinski definition) is 2. The maximum absolute atomic E-state index is 8.66. The van der Waals surface area contributed by atoms with Crippen molar-refractivity contribution >= 4 is 40.2 Å². The van der Waals surface area contributed by atoms with Crippen molar-refractivity contribution in [2.75, 3.05) is 4.90 Å². The third-order valence-corrected chi connectivity index (χ3v) is 7.30. The second-order valence-corrected chi connectivity index (χ2v) is 9.42. The van der Waals surface area contributed by atoms with E-state index in [4.69, 9.17) is 18.4 Å². The van der Waals surface area contributed by atoms with Gasteiger partial charge >= 0.3 is 0 Å². The molecule has 0 unspecified atom stereocenters. The van der Waals surface area contributed by atoms with E-state index in [1.165, 1.54) is 0 Å². The van der Waals surface area contributed by atoms with E-state index in [0.717, 1.165) is 33.5 Å². The lowest BCUT2D eigenvalue weighted by Crippen LogP contribution is -2.59. The normalized spacial score (nSPS) is 16.3. The van der Waals surface area contributed by atoms with Crippen molar-refractivity contribution in [3.8, 4) is 33.8 Å². The predicted molar refractivity (Wildman–Crippen MR) is 163 cm³/mol. The highest BCUT2D eigenvalue weighted by molar-refractivity contribution is 6.99. The van der Waals surface area contributed by atoms with Crippen LogP contribution in [0.5, 0.6) is 11.5 Å². The zero-order chi connectivity index (χ0) is 34.5. The third-order valence-electron chi connectivity index (χ3n) is 7.30. The van der Waals surface area contributed by atoms with E-state index in [2.05, 4.69) is 4.90 Å². The molecule has 0 atom stereocenters. The molecular formula is C36H24BNO. The van der Waals surface area contributed by atoms with Gasteiger partial charge in [-0.15, -0.1) is 0 Å². The molecule has 0 bridgehead atoms. The van der Waals surface area contributed by atoms with Gasteiger partial charge in [0.1, 0.15) is 11.5 Å². The average Bonchev–Trinajstić information content (AvgIpc) is 3.12. The van der Waals surface area contributed by atoms with E-state index in [9.17, 15) is 0 Å². The summed E-state index contributed by atoms with van der Waals surface area (Å²) in [5.41, 5.74) is 6.25. The molecule has 182 valence electrons. The summed E-state index contributed by atoms with van der Waals surface area (Å²) in [5.74, 6) is 1.37. The van der Waals surface area contributed by atoms with Crippen molar-refractivity contribution in [2.24, 2.45) is 0 Å². The predicted octanol–water partition coefficient (Wildman–Crippen LogP) is 7.43. The molecule has 2 aliphatic rings. The second-order valence-electron chi connectivity index (χ2n) is 9.42. The first-order valence-corrected chi connectivity index (χ1v) is 12.6. The van der Waals surface area contributed by atoms with Crippen molar-refractivity contribution in [1.29, 1.82) is 0 Å². The molecule has 3 heteroatoms. The van der Waals surface area contributed by atoms with Crippen molar-refractivity contribution in [1.82, 2.24) is 0 Å². The monoisotopic (exact) mass is 507 g/mol. The van der Waals surface area contributed by atoms with Crippen LogP contribution in [0.25, 0.3) is 22.3 Å². The Hall–Kier alpha value is -5.02. The first-order chi connectivity index (χ1) is 23.5. The zero-order valence-corrected chi connectivity index (χ0v) is 20.5. The fraction of sp³-hybridized carbons (Fsp3) is 0. The van der Waals surface area contributed by atoms with Gasteiger partial charge in [0.15, 0.2) is 0 Å². The van der Waals surface area contributed by atoms with Gasteiger partial charge in [-0.2, -0.15) is 0 Å². The standard InChI is InChI=1S/C36H24BNO/c1-3-10-25(11-4-1)27-18-21-29(22-19-27)38-32-23-20-28(26-12-5-2-6-13-26)24-31(32)37-30-14-7-8-16-34(30)39-35-17-9-15-33(38)36(35)37/h1-24H/i1D,2D,3D,4D,5D,6D,10D,11D,12D,13D. The summed E-state index contributed by atoms with van der Waals surface area (Å²) < 4.78 is 89.5. The highest BCUT2D eigenvalue weighted by Gasteiger charge is 2.41. The molecule has 0 aliphatic carbocycles. The van der Waals surface area contributed by atoms with Crippen LogP contribution in [-0.4, -0.2) is 6.71 Å². The van der Waals surface area contributed by atoms with Crippen LogP contribution in [0.1, 0.15) is 13.7 Å². The molecule has 2 heterocycles. The van der Waals surface area contributed by atoms with E-state index >= 15 is 0 Å². The van der Waals surface area contributed by atoms with Crippen molar-refractivity contribution < 1.29 is 18.4 Å². The van der Waals surface area contributed by atoms with Gasteiger partial charge in [-0.1, -0.05) is 109 Å². The molecule has 8 rings (SSSR count). The van der Waals surface area contributed by atoms with E-state index < -0.39 is 36.3 Å². The number of nitrogens with zero attached hydrogens (tertiary/aromatic N) is 1. The summed E-state index contributed by atoms with van der Waals surface area (Å²) >= 11 is 0. The molecule has 0 saturated carbocycles. The number of hydrogen-bond donors (Lipinski definition) is 0. The summed E-state index contributed by atoms with van der Waals surface area (Å²) in [7, 11) is 0. The van der Waals surface area contributed by atoms with Crippen LogP contribution < -0.4 is 26.0 Å². The molecule has 0 amide bonds. The second kappa shape index (κ2) is 8.78. The molecule has 0 radical (unpaired) electrons. The van der Waals surface area contributed by atoms with Gasteiger partial charge in [0, 0.05) is 17.1 Å². The number of fused-ring (bicyclic) bond motifs is 4. The van der Waals surface area contributed by atoms with Crippen LogP contribution in [0, 0.1) is 0 Å². The summed E-state index contributed by atoms with van der Waals surface area (Å²) in [4.78, 5) is 2.05. The Balaban J connectivity index is 1.35. The quantitative estimate of drug-likeness (QED) is 0.231. The highest BCUT2D eigenvalue weighted by Crippen LogP contribution is 2.41. The van der Waals surface area contributed by atoms with Crippen LogP contribution in [-0.2, 0) is 0 Å². The van der Waals surface area contributed by atoms with Crippen molar-refractivity contribution in [2.45, 2.75) is 0 Å². The molecule has 0 spiro atoms. The first-order valence-electron chi connectivity index (χ1n) is 17.6. The molecule has 39 heavy (non-hydrogen) atoms. The van der Waals surface area contributed by atoms with Gasteiger partial charge in [-0.05, 0) is 75.0 Å². The minimum atomic E-state index is -0.452. The molecule has 0 fully saturated rings. The average molecular weight is 507 g/mol. The Morgan fingerprint density at radius 1 is 0.538 bits per heavy atom. The van der Waals surface area contributed by atoms with Gasteiger partial charge in [-0.3, -0.25) is 0 Å². The molecule has 2 nitrogen and oxygen atoms in total. The van der Waals surface area contributed by atoms with E-state index in [1.54, 1.807) is 18.2 Å². The number of anilines is 3. The fourth-order valence-electron chi connectivity index (χ4n) is 5.63. The minimum Gasteiger partial charge on any atom is -0.458 e. The number of para-hydroxylation sites is 1. The first kappa shape index (κ1) is 14.2. The molecular weight excluding hydrogens is 473 g/mol. The lowest BCUT2D eigenvalue weighted by atomic mass is 9.34. The van der Waals surface area contributed by atoms with Gasteiger partial charge in [0.25, 0.3) is 6.71 Å². The molecule has 0 N–H and O–H groups in total. The van der Waals surface area contributed by atoms with Crippen LogP contribution in [0.3, 0.4) is 0 Å². The Bertz CT molecular complexity index is 2340. The third kappa shape index (κ3) is 3.51. The molecule has 6 aromatic rings. The van der Waals surface area contributed by atoms with Crippen molar-refractivity contribution in [3.63, 3.8) is 0 Å². The topological polar surface area (TPSA) is 12.5 Å². The van der Waals surface area contributed by atoms with Gasteiger partial charge < -0.3 is 9.64 Å². The summed E-state index contributed by atoms with van der Waals surface area (Å²) in [5, 5.41) is 0. The zero-order valence-electron chi connectivity index (χ0n) is 30.5. The van der Waals surface area contributed by atoms with E-state index in [1.807, 2.05) is 66.7 Å². The van der Waals surface area contributed by atoms with Crippen molar-refractivity contribution in [3.05, 3.63) is 145 Å². The fourth-order valence-corrected chi connectivity index (χ4v) is 5.63. The summed E-state index contributed by atoms with van der Waals surface area (Å²) in [6.45, 7) is -0.294. The summed E-state index contributed by atoms with van der Waals surface area (Å²) in [6.07, 6.45) is 0. The highest BCUT2D eigenvalue weighted by atomic mass is 16.5. The summed E-state index contributed by atoms with van der Waals surface area (Å²) in [6, 6.07) is 22.6. The Labute approximate surface area is 242 Å². The molecule has 2 aliphatic heterocycles. The van der Waals surface area contributed by atoms with Gasteiger partial charge in [0.2, 0.25) is 0 Å². The van der Waals surface area contributed by atoms with Crippen LogP contribution in [0.4, 0.5) is 17.1 Å². The van der Waals surface area contributed by atoms with Gasteiger partial charge in [0.05, 0.1) is 13.7 Å². The molecule has 6 aromatic carbocycles. The van der Waals surface area contributed by atoms with E-state index in [-0.39, 0.29) is 42.0 Å². The minimum absolute atomic E-state index is 0.113. The lowest BCUT2D eigenvalue weighted by Gasteiger charge is -2.40. The van der Waals surface area contributed by atoms with E-state index in [0.29, 0.717) is 22.6 Å². The van der Waals surface area contributed by atoms with Crippen LogP contribution >= 0.6 is 0 Å². The maximum atomic E-state index is 8.66. The smallest absolute Gasteiger partial charge is 0.256 e. The maximum Gasteiger partial charge on any atom is 0.256 e. The number of rotatable bonds is 3. The van der Waals surface area contributed by atoms with Crippen LogP contribution in [0.15, 0.2) is 145 Å². The largest absolute Gasteiger partial charge is 0.458 e. The molecule has 0 saturated heterocycles. The SMILES string of the molecule is [2H]c1c([2H])c([2H])c(-c2ccc(N3c4ccc(-c5c([2H])c([2H])c([2H])c([2H])c5[2H])cc4B4c5ccccc5Oc5cccc3c54)cc2)c([2H])c1[2H]. The number of ether oxygens (including phenoxy) is 1. The molecule has 0 aromatic heterocycles. The Kier molecular flexibility index (Phi) is 3.20. The lowest BCUT2D eigenvalue weighted by molar-refractivity contribution is 0.487. The Morgan fingerprint density at radius 3 is 1.97 bits per heavy atom. The Morgan fingerprint density at radius 2 is 1.21 bits per heavy atom.